The predicted molar refractivity (Wildman–Crippen MR) is 109 cm³/mol. The van der Waals surface area contributed by atoms with Crippen LogP contribution >= 0.6 is 0 Å². The molecule has 2 N–H and O–H groups in total. The maximum atomic E-state index is 13.9. The highest BCUT2D eigenvalue weighted by Crippen LogP contribution is 2.20. The van der Waals surface area contributed by atoms with Crippen molar-refractivity contribution in [1.29, 1.82) is 0 Å². The molecule has 1 aliphatic carbocycles. The van der Waals surface area contributed by atoms with E-state index in [1.807, 2.05) is 6.92 Å². The summed E-state index contributed by atoms with van der Waals surface area (Å²) < 4.78 is 40.7. The van der Waals surface area contributed by atoms with Crippen molar-refractivity contribution in [3.63, 3.8) is 0 Å². The lowest BCUT2D eigenvalue weighted by atomic mass is 9.97. The quantitative estimate of drug-likeness (QED) is 0.645. The van der Waals surface area contributed by atoms with Crippen molar-refractivity contribution in [3.05, 3.63) is 41.7 Å². The third kappa shape index (κ3) is 5.43. The van der Waals surface area contributed by atoms with Crippen LogP contribution in [0, 0.1) is 5.82 Å². The Kier molecular flexibility index (Phi) is 7.43. The average molecular weight is 425 g/mol. The monoisotopic (exact) mass is 424 g/mol. The molecule has 8 heteroatoms. The second-order valence-electron chi connectivity index (χ2n) is 7.86. The molecule has 160 valence electrons. The molecular formula is C21H31FN3O3S+. The van der Waals surface area contributed by atoms with Crippen LogP contribution in [0.3, 0.4) is 0 Å². The first-order valence-electron chi connectivity index (χ1n) is 10.4. The summed E-state index contributed by atoms with van der Waals surface area (Å²) >= 11 is 0. The van der Waals surface area contributed by atoms with Gasteiger partial charge in [-0.2, -0.15) is 4.31 Å². The normalized spacial score (nSPS) is 20.1. The number of nitrogens with one attached hydrogen (secondary N) is 2. The predicted octanol–water partition coefficient (Wildman–Crippen LogP) is 1.11. The molecule has 2 aliphatic rings. The van der Waals surface area contributed by atoms with Crippen LogP contribution in [0.15, 0.2) is 40.8 Å². The lowest BCUT2D eigenvalue weighted by molar-refractivity contribution is -0.917. The van der Waals surface area contributed by atoms with Crippen LogP contribution in [-0.2, 0) is 14.8 Å². The summed E-state index contributed by atoms with van der Waals surface area (Å²) in [6.07, 6.45) is 7.97. The molecule has 0 spiro atoms. The minimum absolute atomic E-state index is 0.00169. The maximum absolute atomic E-state index is 13.9. The number of quaternary nitrogens is 1. The van der Waals surface area contributed by atoms with Gasteiger partial charge in [0.15, 0.2) is 6.04 Å². The Balaban J connectivity index is 1.48. The number of amides is 1. The molecule has 1 aliphatic heterocycles. The van der Waals surface area contributed by atoms with Gasteiger partial charge in [-0.05, 0) is 51.2 Å². The summed E-state index contributed by atoms with van der Waals surface area (Å²) in [4.78, 5) is 13.3. The van der Waals surface area contributed by atoms with Gasteiger partial charge in [0.2, 0.25) is 10.0 Å². The van der Waals surface area contributed by atoms with Gasteiger partial charge in [-0.3, -0.25) is 4.79 Å². The summed E-state index contributed by atoms with van der Waals surface area (Å²) in [5.41, 5.74) is 1.43. The van der Waals surface area contributed by atoms with E-state index in [2.05, 4.69) is 11.4 Å². The van der Waals surface area contributed by atoms with Crippen molar-refractivity contribution in [3.8, 4) is 0 Å². The molecule has 1 saturated heterocycles. The molecule has 0 saturated carbocycles. The number of carbonyl (C=O) groups is 1. The Morgan fingerprint density at radius 3 is 2.62 bits per heavy atom. The maximum Gasteiger partial charge on any atom is 0.278 e. The van der Waals surface area contributed by atoms with Crippen LogP contribution < -0.4 is 10.2 Å². The molecule has 1 heterocycles. The highest BCUT2D eigenvalue weighted by molar-refractivity contribution is 7.89. The number of piperazine rings is 1. The lowest BCUT2D eigenvalue weighted by Crippen LogP contribution is -3.19. The topological polar surface area (TPSA) is 70.9 Å². The van der Waals surface area contributed by atoms with Crippen LogP contribution in [0.1, 0.15) is 39.0 Å². The summed E-state index contributed by atoms with van der Waals surface area (Å²) in [5.74, 6) is -0.732. The van der Waals surface area contributed by atoms with Crippen molar-refractivity contribution in [2.45, 2.75) is 50.0 Å². The SMILES string of the molecule is C[C@H](C(=O)NCCC1=CCCCC1)[NH+]1CCN(S(=O)(=O)c2ccccc2F)CC1. The van der Waals surface area contributed by atoms with E-state index in [0.29, 0.717) is 19.6 Å². The van der Waals surface area contributed by atoms with Gasteiger partial charge in [-0.1, -0.05) is 23.8 Å². The minimum atomic E-state index is -3.85. The molecule has 1 aromatic rings. The van der Waals surface area contributed by atoms with E-state index in [9.17, 15) is 17.6 Å². The standard InChI is InChI=1S/C21H30FN3O3S/c1-17(21(26)23-12-11-18-7-3-2-4-8-18)24-13-15-25(16-14-24)29(27,28)20-10-6-5-9-19(20)22/h5-7,9-10,17H,2-4,8,11-16H2,1H3,(H,23,26)/p+1/t17-/m1/s1. The van der Waals surface area contributed by atoms with E-state index in [0.717, 1.165) is 30.2 Å². The summed E-state index contributed by atoms with van der Waals surface area (Å²) in [6.45, 7) is 4.12. The molecule has 0 radical (unpaired) electrons. The van der Waals surface area contributed by atoms with E-state index in [1.54, 1.807) is 0 Å². The van der Waals surface area contributed by atoms with E-state index < -0.39 is 15.8 Å². The Labute approximate surface area is 172 Å². The molecule has 3 rings (SSSR count). The largest absolute Gasteiger partial charge is 0.351 e. The number of sulfonamides is 1. The zero-order valence-corrected chi connectivity index (χ0v) is 17.8. The lowest BCUT2D eigenvalue weighted by Gasteiger charge is -2.34. The summed E-state index contributed by atoms with van der Waals surface area (Å²) in [6, 6.07) is 5.20. The third-order valence-corrected chi connectivity index (χ3v) is 7.89. The van der Waals surface area contributed by atoms with Gasteiger partial charge < -0.3 is 10.2 Å². The Morgan fingerprint density at radius 2 is 1.97 bits per heavy atom. The number of carbonyl (C=O) groups excluding carboxylic acids is 1. The van der Waals surface area contributed by atoms with E-state index in [1.165, 1.54) is 40.9 Å². The van der Waals surface area contributed by atoms with Crippen molar-refractivity contribution < 1.29 is 22.5 Å². The Hall–Kier alpha value is -1.77. The van der Waals surface area contributed by atoms with Gasteiger partial charge in [-0.25, -0.2) is 12.8 Å². The number of benzene rings is 1. The first-order valence-corrected chi connectivity index (χ1v) is 11.9. The van der Waals surface area contributed by atoms with Crippen LogP contribution in [0.4, 0.5) is 4.39 Å². The van der Waals surface area contributed by atoms with Gasteiger partial charge in [0, 0.05) is 6.54 Å². The van der Waals surface area contributed by atoms with Gasteiger partial charge in [-0.15, -0.1) is 0 Å². The fourth-order valence-electron chi connectivity index (χ4n) is 4.06. The highest BCUT2D eigenvalue weighted by atomic mass is 32.2. The number of allylic oxidation sites excluding steroid dienone is 1. The molecule has 29 heavy (non-hydrogen) atoms. The molecule has 1 amide bonds. The second-order valence-corrected chi connectivity index (χ2v) is 9.77. The summed E-state index contributed by atoms with van der Waals surface area (Å²) in [7, 11) is -3.85. The average Bonchev–Trinajstić information content (AvgIpc) is 2.74. The minimum Gasteiger partial charge on any atom is -0.351 e. The highest BCUT2D eigenvalue weighted by Gasteiger charge is 2.35. The van der Waals surface area contributed by atoms with Gasteiger partial charge in [0.25, 0.3) is 5.91 Å². The van der Waals surface area contributed by atoms with E-state index >= 15 is 0 Å². The second kappa shape index (κ2) is 9.82. The fraction of sp³-hybridized carbons (Fsp3) is 0.571. The molecule has 0 unspecified atom stereocenters. The van der Waals surface area contributed by atoms with Crippen LogP contribution in [0.25, 0.3) is 0 Å². The van der Waals surface area contributed by atoms with Gasteiger partial charge >= 0.3 is 0 Å². The number of nitrogens with zero attached hydrogens (tertiary/aromatic N) is 1. The number of halogens is 1. The smallest absolute Gasteiger partial charge is 0.278 e. The van der Waals surface area contributed by atoms with Crippen molar-refractivity contribution >= 4 is 15.9 Å². The third-order valence-electron chi connectivity index (χ3n) is 5.96. The van der Waals surface area contributed by atoms with Crippen LogP contribution in [-0.4, -0.2) is 57.4 Å². The number of hydrogen-bond acceptors (Lipinski definition) is 3. The fourth-order valence-corrected chi connectivity index (χ4v) is 5.56. The molecule has 1 aromatic carbocycles. The van der Waals surface area contributed by atoms with E-state index in [4.69, 9.17) is 0 Å². The number of hydrogen-bond donors (Lipinski definition) is 2. The molecule has 0 bridgehead atoms. The van der Waals surface area contributed by atoms with Crippen molar-refractivity contribution in [2.24, 2.45) is 0 Å². The first-order chi connectivity index (χ1) is 13.9. The zero-order valence-electron chi connectivity index (χ0n) is 17.0. The molecule has 1 fully saturated rings. The summed E-state index contributed by atoms with van der Waals surface area (Å²) in [5, 5.41) is 3.02. The van der Waals surface area contributed by atoms with Gasteiger partial charge in [0.1, 0.15) is 10.7 Å². The molecular weight excluding hydrogens is 393 g/mol. The first kappa shape index (κ1) is 21.9. The van der Waals surface area contributed by atoms with Gasteiger partial charge in [0.05, 0.1) is 26.2 Å². The van der Waals surface area contributed by atoms with Crippen LogP contribution in [0.5, 0.6) is 0 Å². The molecule has 0 aromatic heterocycles. The van der Waals surface area contributed by atoms with Crippen molar-refractivity contribution in [2.75, 3.05) is 32.7 Å². The van der Waals surface area contributed by atoms with Crippen molar-refractivity contribution in [1.82, 2.24) is 9.62 Å². The van der Waals surface area contributed by atoms with Crippen LogP contribution in [0.2, 0.25) is 0 Å². The zero-order chi connectivity index (χ0) is 20.9. The number of rotatable bonds is 7. The van der Waals surface area contributed by atoms with E-state index in [-0.39, 0.29) is 29.9 Å². The molecule has 1 atom stereocenters. The molecule has 6 nitrogen and oxygen atoms in total. The Bertz CT molecular complexity index is 848. The Morgan fingerprint density at radius 1 is 1.24 bits per heavy atom.